The van der Waals surface area contributed by atoms with E-state index in [9.17, 15) is 0 Å². The van der Waals surface area contributed by atoms with Crippen molar-refractivity contribution < 1.29 is 4.42 Å². The predicted octanol–water partition coefficient (Wildman–Crippen LogP) is 4.43. The predicted molar refractivity (Wildman–Crippen MR) is 102 cm³/mol. The zero-order chi connectivity index (χ0) is 17.3. The number of thiophene rings is 1. The average Bonchev–Trinajstić information content (AvgIpc) is 3.42. The fourth-order valence-corrected chi connectivity index (χ4v) is 4.41. The van der Waals surface area contributed by atoms with Gasteiger partial charge in [-0.15, -0.1) is 11.3 Å². The Morgan fingerprint density at radius 2 is 2.19 bits per heavy atom. The van der Waals surface area contributed by atoms with Gasteiger partial charge >= 0.3 is 0 Å². The Morgan fingerprint density at radius 3 is 3.04 bits per heavy atom. The molecule has 0 aliphatic carbocycles. The Morgan fingerprint density at radius 1 is 1.19 bits per heavy atom. The van der Waals surface area contributed by atoms with Crippen molar-refractivity contribution in [1.82, 2.24) is 19.5 Å². The van der Waals surface area contributed by atoms with Crippen LogP contribution in [-0.4, -0.2) is 32.6 Å². The topological polar surface area (TPSA) is 46.6 Å². The molecule has 0 saturated carbocycles. The summed E-state index contributed by atoms with van der Waals surface area (Å²) in [7, 11) is 0. The third kappa shape index (κ3) is 3.06. The molecule has 4 aromatic heterocycles. The summed E-state index contributed by atoms with van der Waals surface area (Å²) in [6.45, 7) is 2.95. The van der Waals surface area contributed by atoms with Gasteiger partial charge in [-0.25, -0.2) is 9.50 Å². The summed E-state index contributed by atoms with van der Waals surface area (Å²) < 4.78 is 7.42. The van der Waals surface area contributed by atoms with Gasteiger partial charge < -0.3 is 4.42 Å². The van der Waals surface area contributed by atoms with Gasteiger partial charge in [-0.3, -0.25) is 4.90 Å². The van der Waals surface area contributed by atoms with Gasteiger partial charge in [-0.2, -0.15) is 5.10 Å². The summed E-state index contributed by atoms with van der Waals surface area (Å²) in [6.07, 6.45) is 6.14. The van der Waals surface area contributed by atoms with Crippen LogP contribution in [0.2, 0.25) is 0 Å². The van der Waals surface area contributed by atoms with Crippen molar-refractivity contribution in [3.05, 3.63) is 65.8 Å². The van der Waals surface area contributed by atoms with Crippen LogP contribution < -0.4 is 0 Å². The number of rotatable bonds is 4. The molecule has 132 valence electrons. The Bertz CT molecular complexity index is 990. The summed E-state index contributed by atoms with van der Waals surface area (Å²) in [6, 6.07) is 12.4. The second-order valence-electron chi connectivity index (χ2n) is 6.82. The monoisotopic (exact) mass is 364 g/mol. The lowest BCUT2D eigenvalue weighted by Crippen LogP contribution is -2.34. The van der Waals surface area contributed by atoms with Crippen LogP contribution in [0, 0.1) is 0 Å². The van der Waals surface area contributed by atoms with E-state index >= 15 is 0 Å². The van der Waals surface area contributed by atoms with E-state index in [-0.39, 0.29) is 0 Å². The average molecular weight is 364 g/mol. The quantitative estimate of drug-likeness (QED) is 0.537. The number of nitrogens with zero attached hydrogens (tertiary/aromatic N) is 4. The highest BCUT2D eigenvalue weighted by Crippen LogP contribution is 2.28. The van der Waals surface area contributed by atoms with Crippen molar-refractivity contribution in [2.75, 3.05) is 13.1 Å². The molecular weight excluding hydrogens is 344 g/mol. The zero-order valence-corrected chi connectivity index (χ0v) is 15.2. The fourth-order valence-electron chi connectivity index (χ4n) is 3.69. The van der Waals surface area contributed by atoms with Crippen LogP contribution in [0.25, 0.3) is 16.1 Å². The first-order chi connectivity index (χ1) is 12.8. The van der Waals surface area contributed by atoms with Gasteiger partial charge in [0.1, 0.15) is 5.76 Å². The van der Waals surface area contributed by atoms with Crippen molar-refractivity contribution in [2.24, 2.45) is 0 Å². The molecule has 0 N–H and O–H groups in total. The third-order valence-corrected chi connectivity index (χ3v) is 5.90. The Hall–Kier alpha value is -2.44. The molecule has 1 aliphatic heterocycles. The van der Waals surface area contributed by atoms with E-state index in [1.165, 1.54) is 16.9 Å². The minimum atomic E-state index is 0.379. The van der Waals surface area contributed by atoms with Crippen LogP contribution >= 0.6 is 11.3 Å². The van der Waals surface area contributed by atoms with Crippen LogP contribution in [0.1, 0.15) is 30.3 Å². The number of fused-ring (bicyclic) bond motifs is 1. The van der Waals surface area contributed by atoms with Crippen molar-refractivity contribution in [3.8, 4) is 10.4 Å². The first-order valence-corrected chi connectivity index (χ1v) is 9.88. The minimum Gasteiger partial charge on any atom is -0.468 e. The summed E-state index contributed by atoms with van der Waals surface area (Å²) in [5.74, 6) is 2.36. The first-order valence-electron chi connectivity index (χ1n) is 9.00. The number of piperidine rings is 1. The van der Waals surface area contributed by atoms with Crippen molar-refractivity contribution >= 4 is 17.0 Å². The molecule has 1 atom stereocenters. The lowest BCUT2D eigenvalue weighted by atomic mass is 9.97. The molecule has 4 aromatic rings. The fraction of sp³-hybridized carbons (Fsp3) is 0.300. The lowest BCUT2D eigenvalue weighted by molar-refractivity contribution is 0.183. The van der Waals surface area contributed by atoms with Crippen LogP contribution in [-0.2, 0) is 6.54 Å². The third-order valence-electron chi connectivity index (χ3n) is 4.98. The minimum absolute atomic E-state index is 0.379. The maximum Gasteiger partial charge on any atom is 0.156 e. The second-order valence-corrected chi connectivity index (χ2v) is 7.77. The highest BCUT2D eigenvalue weighted by Gasteiger charge is 2.25. The Kier molecular flexibility index (Phi) is 4.07. The van der Waals surface area contributed by atoms with Crippen molar-refractivity contribution in [2.45, 2.75) is 25.3 Å². The van der Waals surface area contributed by atoms with Gasteiger partial charge in [0.05, 0.1) is 12.8 Å². The van der Waals surface area contributed by atoms with Gasteiger partial charge in [0.2, 0.25) is 0 Å². The van der Waals surface area contributed by atoms with Crippen LogP contribution in [0.5, 0.6) is 0 Å². The van der Waals surface area contributed by atoms with E-state index < -0.39 is 0 Å². The maximum atomic E-state index is 5.50. The van der Waals surface area contributed by atoms with Crippen LogP contribution in [0.15, 0.2) is 58.7 Å². The molecule has 0 radical (unpaired) electrons. The molecule has 0 bridgehead atoms. The van der Waals surface area contributed by atoms with Crippen molar-refractivity contribution in [1.29, 1.82) is 0 Å². The number of furan rings is 1. The van der Waals surface area contributed by atoms with E-state index in [0.717, 1.165) is 43.3 Å². The second kappa shape index (κ2) is 6.70. The van der Waals surface area contributed by atoms with E-state index in [1.54, 1.807) is 17.6 Å². The van der Waals surface area contributed by atoms with Crippen molar-refractivity contribution in [3.63, 3.8) is 0 Å². The normalized spacial score (nSPS) is 18.5. The smallest absolute Gasteiger partial charge is 0.156 e. The molecule has 5 rings (SSSR count). The van der Waals surface area contributed by atoms with Crippen LogP contribution in [0.3, 0.4) is 0 Å². The maximum absolute atomic E-state index is 5.50. The van der Waals surface area contributed by atoms with Gasteiger partial charge in [-0.1, -0.05) is 6.07 Å². The largest absolute Gasteiger partial charge is 0.468 e. The summed E-state index contributed by atoms with van der Waals surface area (Å²) >= 11 is 1.74. The molecule has 26 heavy (non-hydrogen) atoms. The Labute approximate surface area is 155 Å². The summed E-state index contributed by atoms with van der Waals surface area (Å²) in [5.41, 5.74) is 2.11. The van der Waals surface area contributed by atoms with Gasteiger partial charge in [-0.05, 0) is 55.1 Å². The molecule has 5 nitrogen and oxygen atoms in total. The van der Waals surface area contributed by atoms with Gasteiger partial charge in [0, 0.05) is 29.1 Å². The highest BCUT2D eigenvalue weighted by atomic mass is 32.1. The number of hydrogen-bond donors (Lipinski definition) is 0. The molecule has 1 unspecified atom stereocenters. The van der Waals surface area contributed by atoms with E-state index in [0.29, 0.717) is 5.92 Å². The molecule has 0 amide bonds. The number of aromatic nitrogens is 3. The molecule has 1 aliphatic rings. The molecule has 0 aromatic carbocycles. The molecule has 5 heterocycles. The summed E-state index contributed by atoms with van der Waals surface area (Å²) in [5, 5.41) is 6.90. The van der Waals surface area contributed by atoms with E-state index in [4.69, 9.17) is 14.5 Å². The Balaban J connectivity index is 1.38. The molecule has 1 saturated heterocycles. The molecule has 0 spiro atoms. The molecule has 6 heteroatoms. The van der Waals surface area contributed by atoms with Gasteiger partial charge in [0.15, 0.2) is 11.5 Å². The number of pyridine rings is 1. The summed E-state index contributed by atoms with van der Waals surface area (Å²) in [4.78, 5) is 8.49. The SMILES string of the molecule is c1coc(CN2CCCC(c3nc4ccc(-c5cccs5)cn4n3)C2)c1. The lowest BCUT2D eigenvalue weighted by Gasteiger charge is -2.30. The van der Waals surface area contributed by atoms with Crippen LogP contribution in [0.4, 0.5) is 0 Å². The molecular formula is C20H20N4OS. The van der Waals surface area contributed by atoms with E-state index in [1.807, 2.05) is 16.6 Å². The zero-order valence-electron chi connectivity index (χ0n) is 14.4. The highest BCUT2D eigenvalue weighted by molar-refractivity contribution is 7.13. The number of likely N-dealkylation sites (tertiary alicyclic amines) is 1. The number of hydrogen-bond acceptors (Lipinski definition) is 5. The van der Waals surface area contributed by atoms with E-state index in [2.05, 4.69) is 40.7 Å². The van der Waals surface area contributed by atoms with Gasteiger partial charge in [0.25, 0.3) is 0 Å². The first kappa shape index (κ1) is 15.8. The standard InChI is InChI=1S/C20H20N4OS/c1-4-16(12-23(9-1)14-17-5-2-10-25-17)20-21-19-8-7-15(13-24(19)22-20)18-6-3-11-26-18/h2-3,5-8,10-11,13,16H,1,4,9,12,14H2. The molecule has 1 fully saturated rings.